The average Bonchev–Trinajstić information content (AvgIpc) is 3.02. The number of likely N-dealkylation sites (tertiary alicyclic amines) is 1. The second kappa shape index (κ2) is 7.10. The highest BCUT2D eigenvalue weighted by molar-refractivity contribution is 7.13. The van der Waals surface area contributed by atoms with Crippen LogP contribution in [-0.4, -0.2) is 40.7 Å². The van der Waals surface area contributed by atoms with Crippen molar-refractivity contribution in [3.8, 4) is 10.6 Å². The fourth-order valence-corrected chi connectivity index (χ4v) is 3.53. The van der Waals surface area contributed by atoms with Gasteiger partial charge in [0.1, 0.15) is 5.01 Å². The molecule has 0 aliphatic carbocycles. The minimum Gasteiger partial charge on any atom is -0.396 e. The lowest BCUT2D eigenvalue weighted by atomic mass is 9.98. The van der Waals surface area contributed by atoms with Crippen LogP contribution in [0.3, 0.4) is 0 Å². The third-order valence-electron chi connectivity index (χ3n) is 4.14. The molecule has 0 bridgehead atoms. The molecule has 2 N–H and O–H groups in total. The van der Waals surface area contributed by atoms with Gasteiger partial charge < -0.3 is 15.3 Å². The van der Waals surface area contributed by atoms with Gasteiger partial charge in [0.15, 0.2) is 0 Å². The Morgan fingerprint density at radius 3 is 2.87 bits per heavy atom. The van der Waals surface area contributed by atoms with E-state index in [2.05, 4.69) is 10.3 Å². The summed E-state index contributed by atoms with van der Waals surface area (Å²) in [5.41, 5.74) is 2.80. The number of aromatic nitrogens is 1. The van der Waals surface area contributed by atoms with Gasteiger partial charge in [-0.25, -0.2) is 9.78 Å². The second-order valence-electron chi connectivity index (χ2n) is 5.92. The Morgan fingerprint density at radius 2 is 2.22 bits per heavy atom. The number of hydrogen-bond donors (Lipinski definition) is 2. The van der Waals surface area contributed by atoms with Crippen molar-refractivity contribution in [3.63, 3.8) is 0 Å². The maximum Gasteiger partial charge on any atom is 0.321 e. The summed E-state index contributed by atoms with van der Waals surface area (Å²) in [4.78, 5) is 18.6. The molecule has 23 heavy (non-hydrogen) atoms. The van der Waals surface area contributed by atoms with Gasteiger partial charge in [-0.1, -0.05) is 12.1 Å². The summed E-state index contributed by atoms with van der Waals surface area (Å²) in [6.07, 6.45) is 1.73. The van der Waals surface area contributed by atoms with Gasteiger partial charge in [0, 0.05) is 42.0 Å². The number of aliphatic hydroxyl groups excluding tert-OH is 1. The summed E-state index contributed by atoms with van der Waals surface area (Å²) in [5, 5.41) is 15.1. The highest BCUT2D eigenvalue weighted by atomic mass is 32.1. The third-order valence-corrected chi connectivity index (χ3v) is 5.15. The number of piperidine rings is 1. The van der Waals surface area contributed by atoms with Crippen LogP contribution in [0.25, 0.3) is 10.6 Å². The summed E-state index contributed by atoms with van der Waals surface area (Å²) in [5.74, 6) is 0.329. The first-order valence-corrected chi connectivity index (χ1v) is 8.73. The van der Waals surface area contributed by atoms with Crippen molar-refractivity contribution in [2.45, 2.75) is 19.8 Å². The van der Waals surface area contributed by atoms with Gasteiger partial charge in [0.05, 0.1) is 0 Å². The number of carbonyl (C=O) groups excluding carboxylic acids is 1. The first-order valence-electron chi connectivity index (χ1n) is 7.85. The van der Waals surface area contributed by atoms with E-state index in [0.717, 1.165) is 34.8 Å². The van der Waals surface area contributed by atoms with Gasteiger partial charge in [-0.15, -0.1) is 11.3 Å². The van der Waals surface area contributed by atoms with E-state index in [1.807, 2.05) is 41.5 Å². The van der Waals surface area contributed by atoms with Crippen LogP contribution in [0, 0.1) is 12.8 Å². The number of aryl methyl sites for hydroxylation is 1. The zero-order chi connectivity index (χ0) is 16.2. The van der Waals surface area contributed by atoms with E-state index < -0.39 is 0 Å². The predicted molar refractivity (Wildman–Crippen MR) is 92.7 cm³/mol. The topological polar surface area (TPSA) is 65.5 Å². The molecule has 0 saturated carbocycles. The first-order chi connectivity index (χ1) is 11.2. The van der Waals surface area contributed by atoms with E-state index in [1.165, 1.54) is 0 Å². The van der Waals surface area contributed by atoms with Crippen LogP contribution >= 0.6 is 11.3 Å². The van der Waals surface area contributed by atoms with E-state index in [1.54, 1.807) is 11.3 Å². The molecule has 1 aliphatic rings. The fourth-order valence-electron chi connectivity index (χ4n) is 2.74. The van der Waals surface area contributed by atoms with E-state index in [9.17, 15) is 4.79 Å². The zero-order valence-corrected chi connectivity index (χ0v) is 14.0. The van der Waals surface area contributed by atoms with Crippen LogP contribution in [-0.2, 0) is 0 Å². The monoisotopic (exact) mass is 331 g/mol. The Morgan fingerprint density at radius 1 is 1.43 bits per heavy atom. The zero-order valence-electron chi connectivity index (χ0n) is 13.2. The summed E-state index contributed by atoms with van der Waals surface area (Å²) in [6.45, 7) is 3.58. The first kappa shape index (κ1) is 16.0. The van der Waals surface area contributed by atoms with Crippen LogP contribution in [0.4, 0.5) is 10.5 Å². The molecule has 1 aliphatic heterocycles. The van der Waals surface area contributed by atoms with Crippen molar-refractivity contribution in [1.82, 2.24) is 9.88 Å². The molecule has 1 saturated heterocycles. The third kappa shape index (κ3) is 3.89. The number of rotatable bonds is 3. The Bertz CT molecular complexity index is 678. The number of carbonyl (C=O) groups is 1. The predicted octanol–water partition coefficient (Wildman–Crippen LogP) is 3.35. The number of nitrogens with one attached hydrogen (secondary N) is 1. The maximum absolute atomic E-state index is 12.4. The Labute approximate surface area is 140 Å². The lowest BCUT2D eigenvalue weighted by molar-refractivity contribution is 0.143. The number of hydrogen-bond acceptors (Lipinski definition) is 4. The van der Waals surface area contributed by atoms with Gasteiger partial charge in [-0.2, -0.15) is 0 Å². The molecule has 0 spiro atoms. The van der Waals surface area contributed by atoms with Crippen molar-refractivity contribution in [3.05, 3.63) is 35.3 Å². The Hall–Kier alpha value is -1.92. The minimum atomic E-state index is -0.0751. The molecule has 2 amide bonds. The van der Waals surface area contributed by atoms with Crippen LogP contribution in [0.5, 0.6) is 0 Å². The fraction of sp³-hybridized carbons (Fsp3) is 0.412. The number of thiazole rings is 1. The van der Waals surface area contributed by atoms with Crippen molar-refractivity contribution in [2.75, 3.05) is 25.0 Å². The van der Waals surface area contributed by atoms with Crippen LogP contribution in [0.1, 0.15) is 18.5 Å². The molecule has 0 atom stereocenters. The van der Waals surface area contributed by atoms with E-state index >= 15 is 0 Å². The number of nitrogens with zero attached hydrogens (tertiary/aromatic N) is 2. The molecule has 0 unspecified atom stereocenters. The van der Waals surface area contributed by atoms with Gasteiger partial charge in [-0.3, -0.25) is 0 Å². The highest BCUT2D eigenvalue weighted by Crippen LogP contribution is 2.26. The smallest absolute Gasteiger partial charge is 0.321 e. The minimum absolute atomic E-state index is 0.0751. The molecular formula is C17H21N3O2S. The molecule has 5 nitrogen and oxygen atoms in total. The molecule has 122 valence electrons. The van der Waals surface area contributed by atoms with Crippen molar-refractivity contribution >= 4 is 23.1 Å². The summed E-state index contributed by atoms with van der Waals surface area (Å²) in [6, 6.07) is 7.70. The van der Waals surface area contributed by atoms with Gasteiger partial charge in [0.2, 0.25) is 0 Å². The van der Waals surface area contributed by atoms with Crippen molar-refractivity contribution < 1.29 is 9.90 Å². The Balaban J connectivity index is 1.65. The lowest BCUT2D eigenvalue weighted by Gasteiger charge is -2.31. The summed E-state index contributed by atoms with van der Waals surface area (Å²) < 4.78 is 0. The summed E-state index contributed by atoms with van der Waals surface area (Å²) >= 11 is 1.60. The molecule has 1 aromatic carbocycles. The quantitative estimate of drug-likeness (QED) is 0.906. The maximum atomic E-state index is 12.4. The number of benzene rings is 1. The number of urea groups is 1. The molecule has 2 heterocycles. The van der Waals surface area contributed by atoms with E-state index in [4.69, 9.17) is 5.11 Å². The summed E-state index contributed by atoms with van der Waals surface area (Å²) in [7, 11) is 0. The lowest BCUT2D eigenvalue weighted by Crippen LogP contribution is -2.41. The molecule has 0 radical (unpaired) electrons. The molecular weight excluding hydrogens is 310 g/mol. The largest absolute Gasteiger partial charge is 0.396 e. The molecule has 1 aromatic heterocycles. The number of amides is 2. The standard InChI is InChI=1S/C17H21N3O2S/c1-12-11-23-16(18-12)14-3-2-4-15(9-14)19-17(22)20-7-5-13(10-21)6-8-20/h2-4,9,11,13,21H,5-8,10H2,1H3,(H,19,22). The van der Waals surface area contributed by atoms with Gasteiger partial charge in [-0.05, 0) is 37.8 Å². The molecule has 6 heteroatoms. The van der Waals surface area contributed by atoms with Gasteiger partial charge >= 0.3 is 6.03 Å². The van der Waals surface area contributed by atoms with Crippen LogP contribution in [0.15, 0.2) is 29.6 Å². The van der Waals surface area contributed by atoms with Crippen LogP contribution in [0.2, 0.25) is 0 Å². The number of anilines is 1. The number of aliphatic hydroxyl groups is 1. The Kier molecular flexibility index (Phi) is 4.93. The highest BCUT2D eigenvalue weighted by Gasteiger charge is 2.22. The van der Waals surface area contributed by atoms with Crippen molar-refractivity contribution in [2.24, 2.45) is 5.92 Å². The average molecular weight is 331 g/mol. The molecule has 1 fully saturated rings. The van der Waals surface area contributed by atoms with E-state index in [-0.39, 0.29) is 12.6 Å². The second-order valence-corrected chi connectivity index (χ2v) is 6.78. The van der Waals surface area contributed by atoms with Gasteiger partial charge in [0.25, 0.3) is 0 Å². The molecule has 3 rings (SSSR count). The van der Waals surface area contributed by atoms with Crippen molar-refractivity contribution in [1.29, 1.82) is 0 Å². The van der Waals surface area contributed by atoms with E-state index in [0.29, 0.717) is 19.0 Å². The molecule has 2 aromatic rings. The normalized spacial score (nSPS) is 15.7. The van der Waals surface area contributed by atoms with Crippen LogP contribution < -0.4 is 5.32 Å². The SMILES string of the molecule is Cc1csc(-c2cccc(NC(=O)N3CCC(CO)CC3)c2)n1.